The van der Waals surface area contributed by atoms with Crippen LogP contribution in [0.3, 0.4) is 0 Å². The summed E-state index contributed by atoms with van der Waals surface area (Å²) in [4.78, 5) is 23.3. The minimum atomic E-state index is -0.941. The zero-order valence-electron chi connectivity index (χ0n) is 9.73. The van der Waals surface area contributed by atoms with Gasteiger partial charge >= 0.3 is 12.0 Å². The molecule has 0 rings (SSSR count). The molecule has 0 spiro atoms. The summed E-state index contributed by atoms with van der Waals surface area (Å²) >= 11 is 0. The summed E-state index contributed by atoms with van der Waals surface area (Å²) in [6.07, 6.45) is 1.56. The van der Waals surface area contributed by atoms with E-state index >= 15 is 0 Å². The normalized spacial score (nSPS) is 13.9. The Bertz CT molecular complexity index is 283. The van der Waals surface area contributed by atoms with E-state index in [1.165, 1.54) is 18.9 Å². The van der Waals surface area contributed by atoms with E-state index in [9.17, 15) is 13.8 Å². The van der Waals surface area contributed by atoms with Gasteiger partial charge in [-0.05, 0) is 0 Å². The lowest BCUT2D eigenvalue weighted by molar-refractivity contribution is -0.141. The molecular formula is C9H18N2O4S. The van der Waals surface area contributed by atoms with Crippen LogP contribution in [-0.2, 0) is 15.6 Å². The number of nitrogens with one attached hydrogen (secondary N) is 1. The number of hydrogen-bond acceptors (Lipinski definition) is 3. The Morgan fingerprint density at radius 2 is 2.06 bits per heavy atom. The van der Waals surface area contributed by atoms with Gasteiger partial charge in [-0.15, -0.1) is 0 Å². The number of nitrogens with zero attached hydrogens (tertiary/aromatic N) is 1. The number of carboxylic acid groups (broad SMARTS) is 1. The van der Waals surface area contributed by atoms with Gasteiger partial charge in [-0.25, -0.2) is 4.79 Å². The van der Waals surface area contributed by atoms with Crippen molar-refractivity contribution in [2.75, 3.05) is 32.1 Å². The summed E-state index contributed by atoms with van der Waals surface area (Å²) in [5, 5.41) is 11.2. The summed E-state index contributed by atoms with van der Waals surface area (Å²) in [5.41, 5.74) is 0. The minimum absolute atomic E-state index is 0.149. The molecule has 94 valence electrons. The Hall–Kier alpha value is -1.11. The van der Waals surface area contributed by atoms with Crippen LogP contribution < -0.4 is 5.32 Å². The number of carboxylic acids is 1. The lowest BCUT2D eigenvalue weighted by Crippen LogP contribution is -2.41. The molecule has 0 aromatic rings. The van der Waals surface area contributed by atoms with Crippen molar-refractivity contribution in [2.24, 2.45) is 5.92 Å². The maximum absolute atomic E-state index is 11.4. The van der Waals surface area contributed by atoms with Crippen LogP contribution in [-0.4, -0.2) is 58.4 Å². The van der Waals surface area contributed by atoms with Crippen molar-refractivity contribution in [1.82, 2.24) is 10.2 Å². The van der Waals surface area contributed by atoms with Gasteiger partial charge in [0, 0.05) is 42.9 Å². The van der Waals surface area contributed by atoms with Crippen LogP contribution in [0, 0.1) is 5.92 Å². The van der Waals surface area contributed by atoms with Gasteiger partial charge < -0.3 is 15.3 Å². The second-order valence-corrected chi connectivity index (χ2v) is 5.18. The standard InChI is InChI=1S/C9H18N2O4S/c1-7(8(12)13)6-11(2)9(14)10-4-5-16(3)15/h7H,4-6H2,1-3H3,(H,10,14)(H,12,13). The summed E-state index contributed by atoms with van der Waals surface area (Å²) in [5.74, 6) is -1.14. The molecule has 6 nitrogen and oxygen atoms in total. The molecule has 2 unspecified atom stereocenters. The van der Waals surface area contributed by atoms with Crippen LogP contribution in [0.25, 0.3) is 0 Å². The molecule has 0 saturated carbocycles. The summed E-state index contributed by atoms with van der Waals surface area (Å²) in [7, 11) is 0.585. The first-order valence-electron chi connectivity index (χ1n) is 4.86. The molecule has 2 atom stereocenters. The van der Waals surface area contributed by atoms with Crippen LogP contribution in [0.1, 0.15) is 6.92 Å². The van der Waals surface area contributed by atoms with E-state index in [4.69, 9.17) is 5.11 Å². The Morgan fingerprint density at radius 3 is 2.50 bits per heavy atom. The van der Waals surface area contributed by atoms with Crippen molar-refractivity contribution < 1.29 is 18.9 Å². The largest absolute Gasteiger partial charge is 0.481 e. The van der Waals surface area contributed by atoms with Crippen molar-refractivity contribution in [1.29, 1.82) is 0 Å². The molecule has 0 heterocycles. The van der Waals surface area contributed by atoms with Crippen LogP contribution in [0.5, 0.6) is 0 Å². The zero-order valence-corrected chi connectivity index (χ0v) is 10.5. The molecule has 0 aromatic carbocycles. The monoisotopic (exact) mass is 250 g/mol. The van der Waals surface area contributed by atoms with E-state index < -0.39 is 22.7 Å². The highest BCUT2D eigenvalue weighted by Crippen LogP contribution is 1.98. The number of rotatable bonds is 6. The summed E-state index contributed by atoms with van der Waals surface area (Å²) in [6, 6.07) is -0.349. The van der Waals surface area contributed by atoms with Gasteiger partial charge in [-0.2, -0.15) is 0 Å². The summed E-state index contributed by atoms with van der Waals surface area (Å²) < 4.78 is 10.7. The van der Waals surface area contributed by atoms with Gasteiger partial charge in [0.15, 0.2) is 0 Å². The van der Waals surface area contributed by atoms with E-state index in [1.807, 2.05) is 0 Å². The third-order valence-electron chi connectivity index (χ3n) is 1.98. The minimum Gasteiger partial charge on any atom is -0.481 e. The molecule has 0 aromatic heterocycles. The Kier molecular flexibility index (Phi) is 6.71. The first kappa shape index (κ1) is 14.9. The van der Waals surface area contributed by atoms with Crippen molar-refractivity contribution in [3.63, 3.8) is 0 Å². The van der Waals surface area contributed by atoms with Gasteiger partial charge in [0.25, 0.3) is 0 Å². The van der Waals surface area contributed by atoms with Crippen LogP contribution in [0.4, 0.5) is 4.79 Å². The molecule has 0 aliphatic heterocycles. The van der Waals surface area contributed by atoms with E-state index in [0.29, 0.717) is 12.3 Å². The Morgan fingerprint density at radius 1 is 1.50 bits per heavy atom. The van der Waals surface area contributed by atoms with Crippen molar-refractivity contribution >= 4 is 22.8 Å². The maximum Gasteiger partial charge on any atom is 0.317 e. The topological polar surface area (TPSA) is 86.7 Å². The maximum atomic E-state index is 11.4. The first-order valence-corrected chi connectivity index (χ1v) is 6.59. The average Bonchev–Trinajstić information content (AvgIpc) is 2.16. The predicted molar refractivity (Wildman–Crippen MR) is 61.8 cm³/mol. The second kappa shape index (κ2) is 7.21. The van der Waals surface area contributed by atoms with Crippen LogP contribution in [0.2, 0.25) is 0 Å². The molecule has 16 heavy (non-hydrogen) atoms. The molecule has 0 fully saturated rings. The van der Waals surface area contributed by atoms with Gasteiger partial charge in [0.2, 0.25) is 0 Å². The number of urea groups is 1. The third kappa shape index (κ3) is 6.39. The fraction of sp³-hybridized carbons (Fsp3) is 0.778. The molecule has 0 saturated heterocycles. The summed E-state index contributed by atoms with van der Waals surface area (Å²) in [6.45, 7) is 2.01. The molecule has 0 aliphatic rings. The van der Waals surface area contributed by atoms with Crippen molar-refractivity contribution in [2.45, 2.75) is 6.92 Å². The smallest absolute Gasteiger partial charge is 0.317 e. The van der Waals surface area contributed by atoms with Crippen molar-refractivity contribution in [3.8, 4) is 0 Å². The van der Waals surface area contributed by atoms with Gasteiger partial charge in [0.05, 0.1) is 5.92 Å². The Balaban J connectivity index is 3.90. The Labute approximate surface area is 97.5 Å². The van der Waals surface area contributed by atoms with E-state index in [2.05, 4.69) is 5.32 Å². The number of hydrogen-bond donors (Lipinski definition) is 2. The molecule has 2 amide bonds. The van der Waals surface area contributed by atoms with Crippen LogP contribution in [0.15, 0.2) is 0 Å². The molecule has 0 radical (unpaired) electrons. The third-order valence-corrected chi connectivity index (χ3v) is 2.76. The quantitative estimate of drug-likeness (QED) is 0.679. The fourth-order valence-corrected chi connectivity index (χ4v) is 1.40. The molecule has 0 bridgehead atoms. The van der Waals surface area contributed by atoms with E-state index in [1.54, 1.807) is 6.26 Å². The average molecular weight is 250 g/mol. The number of amides is 2. The molecule has 7 heteroatoms. The number of carbonyl (C=O) groups is 2. The lowest BCUT2D eigenvalue weighted by atomic mass is 10.2. The molecular weight excluding hydrogens is 232 g/mol. The molecule has 2 N–H and O–H groups in total. The second-order valence-electron chi connectivity index (χ2n) is 3.63. The van der Waals surface area contributed by atoms with E-state index in [0.717, 1.165) is 0 Å². The van der Waals surface area contributed by atoms with Crippen LogP contribution >= 0.6 is 0 Å². The lowest BCUT2D eigenvalue weighted by Gasteiger charge is -2.19. The van der Waals surface area contributed by atoms with Gasteiger partial charge in [-0.3, -0.25) is 9.00 Å². The van der Waals surface area contributed by atoms with E-state index in [-0.39, 0.29) is 12.6 Å². The molecule has 0 aliphatic carbocycles. The fourth-order valence-electron chi connectivity index (χ4n) is 1.01. The van der Waals surface area contributed by atoms with Crippen molar-refractivity contribution in [3.05, 3.63) is 0 Å². The number of aliphatic carboxylic acids is 1. The highest BCUT2D eigenvalue weighted by molar-refractivity contribution is 7.84. The predicted octanol–water partition coefficient (Wildman–Crippen LogP) is -0.273. The first-order chi connectivity index (χ1) is 7.34. The highest BCUT2D eigenvalue weighted by atomic mass is 32.2. The zero-order chi connectivity index (χ0) is 12.7. The SMILES string of the molecule is CC(CN(C)C(=O)NCCS(C)=O)C(=O)O. The van der Waals surface area contributed by atoms with Gasteiger partial charge in [-0.1, -0.05) is 6.92 Å². The highest BCUT2D eigenvalue weighted by Gasteiger charge is 2.16. The number of carbonyl (C=O) groups excluding carboxylic acids is 1. The van der Waals surface area contributed by atoms with Gasteiger partial charge in [0.1, 0.15) is 0 Å².